The molecule has 0 aromatic heterocycles. The molecule has 0 radical (unpaired) electrons. The van der Waals surface area contributed by atoms with Gasteiger partial charge in [-0.15, -0.1) is 0 Å². The number of benzene rings is 3. The highest BCUT2D eigenvalue weighted by Crippen LogP contribution is 2.43. The van der Waals surface area contributed by atoms with Gasteiger partial charge in [-0.05, 0) is 71.5 Å². The highest BCUT2D eigenvalue weighted by molar-refractivity contribution is 6.51. The first-order chi connectivity index (χ1) is 18.3. The van der Waals surface area contributed by atoms with Gasteiger partial charge in [0.25, 0.3) is 11.7 Å². The molecule has 1 saturated heterocycles. The fourth-order valence-corrected chi connectivity index (χ4v) is 4.73. The average Bonchev–Trinajstić information content (AvgIpc) is 3.17. The Morgan fingerprint density at radius 3 is 2.10 bits per heavy atom. The third kappa shape index (κ3) is 5.17. The van der Waals surface area contributed by atoms with E-state index < -0.39 is 23.7 Å². The molecule has 0 saturated carbocycles. The molecule has 0 spiro atoms. The molecule has 1 N–H and O–H groups in total. The fraction of sp³-hybridized carbons (Fsp3) is 0.281. The van der Waals surface area contributed by atoms with E-state index in [-0.39, 0.29) is 16.7 Å². The van der Waals surface area contributed by atoms with Crippen LogP contribution >= 0.6 is 0 Å². The maximum absolute atomic E-state index is 13.6. The minimum absolute atomic E-state index is 0.0174. The van der Waals surface area contributed by atoms with Crippen LogP contribution in [0, 0.1) is 6.92 Å². The molecule has 1 fully saturated rings. The SMILES string of the molecule is COC(=O)c1ccc(N2C(=O)C(=O)/C(=C(/O)c3cc(C(C)(C)C)ccc3C)C2c2ccc(N(C)C)cc2)cc1. The van der Waals surface area contributed by atoms with Crippen LogP contribution in [0.15, 0.2) is 72.3 Å². The van der Waals surface area contributed by atoms with E-state index in [9.17, 15) is 19.5 Å². The summed E-state index contributed by atoms with van der Waals surface area (Å²) in [7, 11) is 5.15. The van der Waals surface area contributed by atoms with Gasteiger partial charge in [-0.25, -0.2) is 4.79 Å². The maximum atomic E-state index is 13.6. The minimum atomic E-state index is -0.872. The summed E-state index contributed by atoms with van der Waals surface area (Å²) in [6, 6.07) is 18.7. The molecule has 1 heterocycles. The number of amides is 1. The molecule has 202 valence electrons. The number of aliphatic hydroxyl groups excluding tert-OH is 1. The number of hydrogen-bond donors (Lipinski definition) is 1. The summed E-state index contributed by atoms with van der Waals surface area (Å²) in [5.41, 5.74) is 4.49. The van der Waals surface area contributed by atoms with E-state index in [1.54, 1.807) is 24.3 Å². The Bertz CT molecular complexity index is 1460. The maximum Gasteiger partial charge on any atom is 0.337 e. The van der Waals surface area contributed by atoms with E-state index in [0.717, 1.165) is 16.8 Å². The predicted octanol–water partition coefficient (Wildman–Crippen LogP) is 5.77. The Morgan fingerprint density at radius 2 is 1.56 bits per heavy atom. The normalized spacial score (nSPS) is 16.9. The van der Waals surface area contributed by atoms with Crippen molar-refractivity contribution in [2.45, 2.75) is 39.2 Å². The number of methoxy groups -OCH3 is 1. The fourth-order valence-electron chi connectivity index (χ4n) is 4.73. The number of rotatable bonds is 5. The molecule has 4 rings (SSSR count). The van der Waals surface area contributed by atoms with Gasteiger partial charge in [0.2, 0.25) is 0 Å². The molecule has 39 heavy (non-hydrogen) atoms. The van der Waals surface area contributed by atoms with Crippen LogP contribution in [-0.4, -0.2) is 44.0 Å². The summed E-state index contributed by atoms with van der Waals surface area (Å²) >= 11 is 0. The summed E-state index contributed by atoms with van der Waals surface area (Å²) in [5.74, 6) is -2.25. The lowest BCUT2D eigenvalue weighted by Gasteiger charge is -2.26. The predicted molar refractivity (Wildman–Crippen MR) is 153 cm³/mol. The van der Waals surface area contributed by atoms with Crippen molar-refractivity contribution in [3.8, 4) is 0 Å². The Labute approximate surface area is 229 Å². The topological polar surface area (TPSA) is 87.1 Å². The molecule has 1 amide bonds. The second-order valence-electron chi connectivity index (χ2n) is 11.0. The van der Waals surface area contributed by atoms with Crippen molar-refractivity contribution >= 4 is 34.8 Å². The first-order valence-corrected chi connectivity index (χ1v) is 12.7. The number of esters is 1. The number of anilines is 2. The van der Waals surface area contributed by atoms with Gasteiger partial charge in [0.15, 0.2) is 0 Å². The lowest BCUT2D eigenvalue weighted by Crippen LogP contribution is -2.29. The van der Waals surface area contributed by atoms with E-state index in [2.05, 4.69) is 20.8 Å². The zero-order valence-corrected chi connectivity index (χ0v) is 23.4. The van der Waals surface area contributed by atoms with Crippen LogP contribution in [0.25, 0.3) is 5.76 Å². The quantitative estimate of drug-likeness (QED) is 0.197. The standard InChI is InChI=1S/C32H34N2O5/c1-19-8-13-22(32(2,3)4)18-25(19)28(35)26-27(20-9-14-23(15-10-20)33(5)6)34(30(37)29(26)36)24-16-11-21(12-17-24)31(38)39-7/h8-18,27,35H,1-7H3/b28-26+. The molecule has 7 nitrogen and oxygen atoms in total. The zero-order chi connectivity index (χ0) is 28.6. The number of ketones is 1. The second kappa shape index (κ2) is 10.4. The molecule has 3 aromatic carbocycles. The van der Waals surface area contributed by atoms with Crippen molar-refractivity contribution in [3.05, 3.63) is 100 Å². The molecule has 1 unspecified atom stereocenters. The lowest BCUT2D eigenvalue weighted by molar-refractivity contribution is -0.132. The van der Waals surface area contributed by atoms with Crippen molar-refractivity contribution in [2.24, 2.45) is 0 Å². The first-order valence-electron chi connectivity index (χ1n) is 12.7. The number of Topliss-reactive ketones (excluding diaryl/α,β-unsaturated/α-hetero) is 1. The van der Waals surface area contributed by atoms with Crippen molar-refractivity contribution in [2.75, 3.05) is 31.0 Å². The van der Waals surface area contributed by atoms with Gasteiger partial charge in [0, 0.05) is 31.0 Å². The molecular weight excluding hydrogens is 492 g/mol. The third-order valence-electron chi connectivity index (χ3n) is 7.09. The van der Waals surface area contributed by atoms with Gasteiger partial charge in [0.05, 0.1) is 24.3 Å². The van der Waals surface area contributed by atoms with Gasteiger partial charge in [0.1, 0.15) is 5.76 Å². The van der Waals surface area contributed by atoms with Crippen LogP contribution in [0.2, 0.25) is 0 Å². The van der Waals surface area contributed by atoms with Crippen molar-refractivity contribution in [3.63, 3.8) is 0 Å². The van der Waals surface area contributed by atoms with Crippen LogP contribution in [0.1, 0.15) is 59.4 Å². The Morgan fingerprint density at radius 1 is 0.949 bits per heavy atom. The number of aryl methyl sites for hydroxylation is 1. The molecule has 1 aliphatic heterocycles. The summed E-state index contributed by atoms with van der Waals surface area (Å²) in [6.07, 6.45) is 0. The highest BCUT2D eigenvalue weighted by atomic mass is 16.5. The van der Waals surface area contributed by atoms with E-state index in [1.165, 1.54) is 12.0 Å². The number of carbonyl (C=O) groups is 3. The first kappa shape index (κ1) is 27.6. The molecular formula is C32H34N2O5. The van der Waals surface area contributed by atoms with Crippen molar-refractivity contribution in [1.82, 2.24) is 0 Å². The summed E-state index contributed by atoms with van der Waals surface area (Å²) in [4.78, 5) is 42.4. The zero-order valence-electron chi connectivity index (χ0n) is 23.4. The number of hydrogen-bond acceptors (Lipinski definition) is 6. The van der Waals surface area contributed by atoms with Crippen LogP contribution in [0.4, 0.5) is 11.4 Å². The van der Waals surface area contributed by atoms with Crippen molar-refractivity contribution < 1.29 is 24.2 Å². The van der Waals surface area contributed by atoms with Crippen LogP contribution in [0.5, 0.6) is 0 Å². The minimum Gasteiger partial charge on any atom is -0.507 e. The Balaban J connectivity index is 1.94. The molecule has 0 bridgehead atoms. The van der Waals surface area contributed by atoms with Gasteiger partial charge in [-0.2, -0.15) is 0 Å². The van der Waals surface area contributed by atoms with Crippen molar-refractivity contribution in [1.29, 1.82) is 0 Å². The average molecular weight is 527 g/mol. The van der Waals surface area contributed by atoms with Gasteiger partial charge in [-0.1, -0.05) is 45.0 Å². The van der Waals surface area contributed by atoms with E-state index >= 15 is 0 Å². The van der Waals surface area contributed by atoms with Gasteiger partial charge < -0.3 is 14.7 Å². The Kier molecular flexibility index (Phi) is 7.37. The van der Waals surface area contributed by atoms with Crippen LogP contribution in [-0.2, 0) is 19.7 Å². The number of aliphatic hydroxyl groups is 1. The number of nitrogens with zero attached hydrogens (tertiary/aromatic N) is 2. The number of ether oxygens (including phenoxy) is 1. The number of carbonyl (C=O) groups excluding carboxylic acids is 3. The molecule has 1 atom stereocenters. The van der Waals surface area contributed by atoms with Gasteiger partial charge in [-0.3, -0.25) is 14.5 Å². The molecule has 0 aliphatic carbocycles. The Hall–Kier alpha value is -4.39. The third-order valence-corrected chi connectivity index (χ3v) is 7.09. The molecule has 1 aliphatic rings. The van der Waals surface area contributed by atoms with E-state index in [0.29, 0.717) is 22.4 Å². The van der Waals surface area contributed by atoms with Gasteiger partial charge >= 0.3 is 5.97 Å². The monoisotopic (exact) mass is 526 g/mol. The van der Waals surface area contributed by atoms with E-state index in [1.807, 2.05) is 68.4 Å². The molecule has 3 aromatic rings. The summed E-state index contributed by atoms with van der Waals surface area (Å²) < 4.78 is 4.78. The van der Waals surface area contributed by atoms with Crippen LogP contribution < -0.4 is 9.80 Å². The largest absolute Gasteiger partial charge is 0.507 e. The lowest BCUT2D eigenvalue weighted by atomic mass is 9.84. The summed E-state index contributed by atoms with van der Waals surface area (Å²) in [5, 5.41) is 11.7. The summed E-state index contributed by atoms with van der Waals surface area (Å²) in [6.45, 7) is 8.09. The second-order valence-corrected chi connectivity index (χ2v) is 11.0. The smallest absolute Gasteiger partial charge is 0.337 e. The van der Waals surface area contributed by atoms with E-state index in [4.69, 9.17) is 4.74 Å². The molecule has 7 heteroatoms. The van der Waals surface area contributed by atoms with Crippen LogP contribution in [0.3, 0.4) is 0 Å². The highest BCUT2D eigenvalue weighted by Gasteiger charge is 2.47.